The second kappa shape index (κ2) is 6.81. The molecule has 0 bridgehead atoms. The van der Waals surface area contributed by atoms with Gasteiger partial charge in [-0.25, -0.2) is 9.67 Å². The summed E-state index contributed by atoms with van der Waals surface area (Å²) in [6, 6.07) is 7.68. The van der Waals surface area contributed by atoms with Crippen molar-refractivity contribution in [2.45, 2.75) is 19.9 Å². The van der Waals surface area contributed by atoms with Crippen LogP contribution in [0.2, 0.25) is 0 Å². The summed E-state index contributed by atoms with van der Waals surface area (Å²) in [7, 11) is 0. The third-order valence-corrected chi connectivity index (χ3v) is 3.18. The number of amides is 1. The van der Waals surface area contributed by atoms with Crippen LogP contribution in [0.5, 0.6) is 0 Å². The minimum absolute atomic E-state index is 0.0287. The Balaban J connectivity index is 1.96. The molecule has 2 aromatic rings. The summed E-state index contributed by atoms with van der Waals surface area (Å²) in [6.45, 7) is 2.99. The van der Waals surface area contributed by atoms with Crippen LogP contribution < -0.4 is 11.1 Å². The van der Waals surface area contributed by atoms with Gasteiger partial charge in [0.25, 0.3) is 0 Å². The van der Waals surface area contributed by atoms with Crippen molar-refractivity contribution in [3.8, 4) is 0 Å². The molecule has 0 saturated heterocycles. The average molecular weight is 273 g/mol. The van der Waals surface area contributed by atoms with Gasteiger partial charge in [-0.2, -0.15) is 5.10 Å². The van der Waals surface area contributed by atoms with Gasteiger partial charge in [0.1, 0.15) is 12.7 Å². The van der Waals surface area contributed by atoms with Gasteiger partial charge in [0.05, 0.1) is 12.5 Å². The molecule has 1 aromatic heterocycles. The predicted octanol–water partition coefficient (Wildman–Crippen LogP) is 1.25. The second-order valence-corrected chi connectivity index (χ2v) is 4.62. The van der Waals surface area contributed by atoms with E-state index in [1.54, 1.807) is 11.0 Å². The smallest absolute Gasteiger partial charge is 0.228 e. The number of carbonyl (C=O) groups is 1. The van der Waals surface area contributed by atoms with Crippen LogP contribution in [0.15, 0.2) is 36.9 Å². The van der Waals surface area contributed by atoms with Crippen LogP contribution in [0, 0.1) is 5.92 Å². The molecule has 1 unspecified atom stereocenters. The molecule has 1 aromatic carbocycles. The van der Waals surface area contributed by atoms with E-state index in [9.17, 15) is 4.79 Å². The van der Waals surface area contributed by atoms with Gasteiger partial charge in [-0.15, -0.1) is 0 Å². The molecule has 0 aliphatic rings. The first-order chi connectivity index (χ1) is 9.72. The number of rotatable bonds is 6. The van der Waals surface area contributed by atoms with Crippen molar-refractivity contribution in [3.63, 3.8) is 0 Å². The molecular weight excluding hydrogens is 254 g/mol. The standard InChI is InChI=1S/C14H19N5O/c1-2-12(7-15)14(20)18-13-5-3-11(4-6-13)8-19-10-16-9-17-19/h3-6,9-10,12H,2,7-8,15H2,1H3,(H,18,20). The summed E-state index contributed by atoms with van der Waals surface area (Å²) in [5.41, 5.74) is 7.44. The molecule has 0 aliphatic carbocycles. The number of hydrogen-bond donors (Lipinski definition) is 2. The molecule has 6 heteroatoms. The van der Waals surface area contributed by atoms with Crippen LogP contribution in [0.25, 0.3) is 0 Å². The lowest BCUT2D eigenvalue weighted by Gasteiger charge is -2.13. The summed E-state index contributed by atoms with van der Waals surface area (Å²) in [6.07, 6.45) is 3.92. The molecule has 0 spiro atoms. The molecule has 1 heterocycles. The molecule has 6 nitrogen and oxygen atoms in total. The van der Waals surface area contributed by atoms with Gasteiger partial charge in [-0.1, -0.05) is 19.1 Å². The summed E-state index contributed by atoms with van der Waals surface area (Å²) >= 11 is 0. The van der Waals surface area contributed by atoms with Crippen molar-refractivity contribution in [1.29, 1.82) is 0 Å². The van der Waals surface area contributed by atoms with E-state index >= 15 is 0 Å². The Bertz CT molecular complexity index is 531. The van der Waals surface area contributed by atoms with E-state index < -0.39 is 0 Å². The van der Waals surface area contributed by atoms with Gasteiger partial charge < -0.3 is 11.1 Å². The summed E-state index contributed by atoms with van der Waals surface area (Å²) < 4.78 is 1.75. The van der Waals surface area contributed by atoms with Crippen LogP contribution in [-0.2, 0) is 11.3 Å². The van der Waals surface area contributed by atoms with Gasteiger partial charge in [0.2, 0.25) is 5.91 Å². The normalized spacial score (nSPS) is 12.1. The van der Waals surface area contributed by atoms with Crippen LogP contribution in [-0.4, -0.2) is 27.2 Å². The van der Waals surface area contributed by atoms with Gasteiger partial charge in [0.15, 0.2) is 0 Å². The van der Waals surface area contributed by atoms with Gasteiger partial charge >= 0.3 is 0 Å². The molecule has 106 valence electrons. The third kappa shape index (κ3) is 3.64. The lowest BCUT2D eigenvalue weighted by atomic mass is 10.1. The summed E-state index contributed by atoms with van der Waals surface area (Å²) in [5.74, 6) is -0.163. The van der Waals surface area contributed by atoms with Crippen molar-refractivity contribution in [3.05, 3.63) is 42.5 Å². The number of aromatic nitrogens is 3. The van der Waals surface area contributed by atoms with Crippen LogP contribution >= 0.6 is 0 Å². The number of carbonyl (C=O) groups excluding carboxylic acids is 1. The highest BCUT2D eigenvalue weighted by Crippen LogP contribution is 2.12. The SMILES string of the molecule is CCC(CN)C(=O)Nc1ccc(Cn2cncn2)cc1. The molecule has 0 saturated carbocycles. The van der Waals surface area contributed by atoms with E-state index in [2.05, 4.69) is 15.4 Å². The molecule has 3 N–H and O–H groups in total. The molecule has 1 atom stereocenters. The molecule has 2 rings (SSSR count). The predicted molar refractivity (Wildman–Crippen MR) is 77.0 cm³/mol. The van der Waals surface area contributed by atoms with E-state index in [0.29, 0.717) is 13.1 Å². The highest BCUT2D eigenvalue weighted by atomic mass is 16.1. The summed E-state index contributed by atoms with van der Waals surface area (Å²) in [5, 5.41) is 6.93. The average Bonchev–Trinajstić information content (AvgIpc) is 2.95. The van der Waals surface area contributed by atoms with Crippen molar-refractivity contribution < 1.29 is 4.79 Å². The highest BCUT2D eigenvalue weighted by Gasteiger charge is 2.14. The maximum Gasteiger partial charge on any atom is 0.228 e. The topological polar surface area (TPSA) is 85.8 Å². The first-order valence-electron chi connectivity index (χ1n) is 6.65. The quantitative estimate of drug-likeness (QED) is 0.829. The second-order valence-electron chi connectivity index (χ2n) is 4.62. The Morgan fingerprint density at radius 1 is 1.40 bits per heavy atom. The van der Waals surface area contributed by atoms with Crippen LogP contribution in [0.4, 0.5) is 5.69 Å². The fourth-order valence-electron chi connectivity index (χ4n) is 1.90. The molecule has 0 aliphatic heterocycles. The maximum absolute atomic E-state index is 11.9. The summed E-state index contributed by atoms with van der Waals surface area (Å²) in [4.78, 5) is 15.8. The maximum atomic E-state index is 11.9. The number of nitrogens with zero attached hydrogens (tertiary/aromatic N) is 3. The molecule has 0 fully saturated rings. The third-order valence-electron chi connectivity index (χ3n) is 3.18. The molecular formula is C14H19N5O. The van der Waals surface area contributed by atoms with Crippen LogP contribution in [0.3, 0.4) is 0 Å². The van der Waals surface area contributed by atoms with E-state index in [-0.39, 0.29) is 11.8 Å². The number of nitrogens with one attached hydrogen (secondary N) is 1. The minimum Gasteiger partial charge on any atom is -0.330 e. The number of hydrogen-bond acceptors (Lipinski definition) is 4. The fourth-order valence-corrected chi connectivity index (χ4v) is 1.90. The van der Waals surface area contributed by atoms with Crippen molar-refractivity contribution in [1.82, 2.24) is 14.8 Å². The van der Waals surface area contributed by atoms with E-state index in [4.69, 9.17) is 5.73 Å². The first kappa shape index (κ1) is 14.2. The zero-order valence-corrected chi connectivity index (χ0v) is 11.5. The van der Waals surface area contributed by atoms with Crippen molar-refractivity contribution in [2.24, 2.45) is 11.7 Å². The Labute approximate surface area is 118 Å². The monoisotopic (exact) mass is 273 g/mol. The van der Waals surface area contributed by atoms with Crippen molar-refractivity contribution in [2.75, 3.05) is 11.9 Å². The van der Waals surface area contributed by atoms with Gasteiger partial charge in [-0.3, -0.25) is 4.79 Å². The zero-order chi connectivity index (χ0) is 14.4. The Hall–Kier alpha value is -2.21. The van der Waals surface area contributed by atoms with E-state index in [1.165, 1.54) is 6.33 Å². The zero-order valence-electron chi connectivity index (χ0n) is 11.5. The molecule has 0 radical (unpaired) electrons. The fraction of sp³-hybridized carbons (Fsp3) is 0.357. The Morgan fingerprint density at radius 3 is 2.70 bits per heavy atom. The lowest BCUT2D eigenvalue weighted by Crippen LogP contribution is -2.28. The minimum atomic E-state index is -0.134. The Kier molecular flexibility index (Phi) is 4.84. The van der Waals surface area contributed by atoms with E-state index in [1.807, 2.05) is 31.2 Å². The lowest BCUT2D eigenvalue weighted by molar-refractivity contribution is -0.119. The van der Waals surface area contributed by atoms with Gasteiger partial charge in [0, 0.05) is 12.2 Å². The molecule has 20 heavy (non-hydrogen) atoms. The van der Waals surface area contributed by atoms with Crippen molar-refractivity contribution >= 4 is 11.6 Å². The van der Waals surface area contributed by atoms with E-state index in [0.717, 1.165) is 17.7 Å². The number of benzene rings is 1. The first-order valence-corrected chi connectivity index (χ1v) is 6.65. The number of anilines is 1. The Morgan fingerprint density at radius 2 is 2.15 bits per heavy atom. The largest absolute Gasteiger partial charge is 0.330 e. The highest BCUT2D eigenvalue weighted by molar-refractivity contribution is 5.92. The van der Waals surface area contributed by atoms with Crippen LogP contribution in [0.1, 0.15) is 18.9 Å². The number of nitrogens with two attached hydrogens (primary N) is 1. The molecule has 1 amide bonds. The van der Waals surface area contributed by atoms with Gasteiger partial charge in [-0.05, 0) is 24.1 Å².